The van der Waals surface area contributed by atoms with Crippen molar-refractivity contribution in [1.29, 1.82) is 0 Å². The van der Waals surface area contributed by atoms with E-state index in [0.717, 1.165) is 38.8 Å². The minimum absolute atomic E-state index is 0.0313. The van der Waals surface area contributed by atoms with Gasteiger partial charge in [0.15, 0.2) is 0 Å². The fourth-order valence-electron chi connectivity index (χ4n) is 2.84. The van der Waals surface area contributed by atoms with Crippen molar-refractivity contribution in [2.45, 2.75) is 58.9 Å². The first-order valence-corrected chi connectivity index (χ1v) is 7.75. The van der Waals surface area contributed by atoms with Crippen LogP contribution in [0.5, 0.6) is 0 Å². The number of amides is 1. The number of piperidine rings is 1. The molecule has 1 heterocycles. The van der Waals surface area contributed by atoms with E-state index in [1.807, 2.05) is 0 Å². The van der Waals surface area contributed by atoms with Crippen LogP contribution in [0.25, 0.3) is 0 Å². The molecule has 0 spiro atoms. The zero-order valence-electron chi connectivity index (χ0n) is 12.7. The van der Waals surface area contributed by atoms with Gasteiger partial charge in [-0.2, -0.15) is 0 Å². The maximum atomic E-state index is 12.3. The van der Waals surface area contributed by atoms with Crippen molar-refractivity contribution < 1.29 is 9.90 Å². The maximum Gasteiger partial charge on any atom is 0.237 e. The Hall–Kier alpha value is -0.610. The summed E-state index contributed by atoms with van der Waals surface area (Å²) in [4.78, 5) is 14.6. The van der Waals surface area contributed by atoms with Gasteiger partial charge in [-0.1, -0.05) is 27.2 Å². The largest absolute Gasteiger partial charge is 0.396 e. The molecule has 4 nitrogen and oxygen atoms in total. The molecule has 4 heteroatoms. The molecule has 1 saturated heterocycles. The monoisotopic (exact) mass is 270 g/mol. The second-order valence-electron chi connectivity index (χ2n) is 5.72. The molecular weight excluding hydrogens is 240 g/mol. The summed E-state index contributed by atoms with van der Waals surface area (Å²) in [6.07, 6.45) is 5.08. The number of carbonyl (C=O) groups is 1. The lowest BCUT2D eigenvalue weighted by molar-refractivity contribution is -0.128. The molecule has 1 atom stereocenters. The van der Waals surface area contributed by atoms with Gasteiger partial charge in [-0.05, 0) is 38.8 Å². The van der Waals surface area contributed by atoms with Crippen molar-refractivity contribution >= 4 is 5.91 Å². The van der Waals surface area contributed by atoms with Crippen molar-refractivity contribution in [1.82, 2.24) is 10.2 Å². The summed E-state index contributed by atoms with van der Waals surface area (Å²) in [7, 11) is 0. The van der Waals surface area contributed by atoms with Crippen molar-refractivity contribution in [2.75, 3.05) is 26.2 Å². The SMILES string of the molecule is CCN1CCCCC1C(=O)NCC(CC)(CC)CO. The summed E-state index contributed by atoms with van der Waals surface area (Å²) < 4.78 is 0. The van der Waals surface area contributed by atoms with Crippen molar-refractivity contribution in [3.05, 3.63) is 0 Å². The number of hydrogen-bond acceptors (Lipinski definition) is 3. The van der Waals surface area contributed by atoms with Gasteiger partial charge in [-0.15, -0.1) is 0 Å². The number of aliphatic hydroxyl groups is 1. The van der Waals surface area contributed by atoms with E-state index >= 15 is 0 Å². The number of hydrogen-bond donors (Lipinski definition) is 2. The zero-order chi connectivity index (χ0) is 14.3. The Morgan fingerprint density at radius 3 is 2.53 bits per heavy atom. The average Bonchev–Trinajstić information content (AvgIpc) is 2.49. The van der Waals surface area contributed by atoms with Gasteiger partial charge in [0.05, 0.1) is 12.6 Å². The van der Waals surface area contributed by atoms with E-state index in [2.05, 4.69) is 31.0 Å². The number of rotatable bonds is 7. The molecule has 1 rings (SSSR count). The third-order valence-electron chi connectivity index (χ3n) is 4.80. The van der Waals surface area contributed by atoms with Crippen LogP contribution in [0.3, 0.4) is 0 Å². The molecule has 19 heavy (non-hydrogen) atoms. The molecule has 112 valence electrons. The first-order chi connectivity index (χ1) is 9.12. The molecule has 0 aliphatic carbocycles. The zero-order valence-corrected chi connectivity index (χ0v) is 12.7. The molecule has 1 aliphatic rings. The molecule has 0 bridgehead atoms. The van der Waals surface area contributed by atoms with E-state index in [4.69, 9.17) is 0 Å². The molecule has 1 amide bonds. The summed E-state index contributed by atoms with van der Waals surface area (Å²) in [6, 6.07) is 0.0313. The number of aliphatic hydroxyl groups excluding tert-OH is 1. The Balaban J connectivity index is 2.53. The van der Waals surface area contributed by atoms with Crippen molar-refractivity contribution in [2.24, 2.45) is 5.41 Å². The fraction of sp³-hybridized carbons (Fsp3) is 0.933. The highest BCUT2D eigenvalue weighted by molar-refractivity contribution is 5.81. The third kappa shape index (κ3) is 4.18. The number of carbonyl (C=O) groups excluding carboxylic acids is 1. The van der Waals surface area contributed by atoms with Gasteiger partial charge in [0.25, 0.3) is 0 Å². The third-order valence-corrected chi connectivity index (χ3v) is 4.80. The van der Waals surface area contributed by atoms with Gasteiger partial charge in [0.2, 0.25) is 5.91 Å². The normalized spacial score (nSPS) is 21.4. The van der Waals surface area contributed by atoms with Crippen LogP contribution in [0.1, 0.15) is 52.9 Å². The van der Waals surface area contributed by atoms with Crippen LogP contribution in [-0.2, 0) is 4.79 Å². The molecule has 0 aromatic heterocycles. The van der Waals surface area contributed by atoms with E-state index in [1.165, 1.54) is 6.42 Å². The average molecular weight is 270 g/mol. The lowest BCUT2D eigenvalue weighted by atomic mass is 9.83. The smallest absolute Gasteiger partial charge is 0.237 e. The predicted octanol–water partition coefficient (Wildman–Crippen LogP) is 1.78. The minimum atomic E-state index is -0.151. The van der Waals surface area contributed by atoms with Gasteiger partial charge < -0.3 is 10.4 Å². The Morgan fingerprint density at radius 2 is 2.00 bits per heavy atom. The highest BCUT2D eigenvalue weighted by Crippen LogP contribution is 2.25. The molecule has 0 radical (unpaired) electrons. The standard InChI is InChI=1S/C15H30N2O2/c1-4-15(5-2,12-18)11-16-14(19)13-9-7-8-10-17(13)6-3/h13,18H,4-12H2,1-3H3,(H,16,19). The van der Waals surface area contributed by atoms with E-state index in [1.54, 1.807) is 0 Å². The maximum absolute atomic E-state index is 12.3. The first-order valence-electron chi connectivity index (χ1n) is 7.75. The topological polar surface area (TPSA) is 52.6 Å². The van der Waals surface area contributed by atoms with E-state index in [0.29, 0.717) is 6.54 Å². The van der Waals surface area contributed by atoms with Crippen LogP contribution in [0.4, 0.5) is 0 Å². The molecule has 0 aromatic carbocycles. The van der Waals surface area contributed by atoms with Gasteiger partial charge in [-0.25, -0.2) is 0 Å². The van der Waals surface area contributed by atoms with Crippen LogP contribution >= 0.6 is 0 Å². The molecule has 0 saturated carbocycles. The van der Waals surface area contributed by atoms with Gasteiger partial charge >= 0.3 is 0 Å². The van der Waals surface area contributed by atoms with Crippen LogP contribution in [0.15, 0.2) is 0 Å². The highest BCUT2D eigenvalue weighted by Gasteiger charge is 2.30. The van der Waals surface area contributed by atoms with Crippen LogP contribution in [0.2, 0.25) is 0 Å². The van der Waals surface area contributed by atoms with E-state index in [-0.39, 0.29) is 24.0 Å². The van der Waals surface area contributed by atoms with Gasteiger partial charge in [0, 0.05) is 12.0 Å². The Morgan fingerprint density at radius 1 is 1.32 bits per heavy atom. The Labute approximate surface area is 117 Å². The number of likely N-dealkylation sites (tertiary alicyclic amines) is 1. The van der Waals surface area contributed by atoms with E-state index < -0.39 is 0 Å². The highest BCUT2D eigenvalue weighted by atomic mass is 16.3. The van der Waals surface area contributed by atoms with Crippen molar-refractivity contribution in [3.8, 4) is 0 Å². The quantitative estimate of drug-likeness (QED) is 0.741. The minimum Gasteiger partial charge on any atom is -0.396 e. The molecule has 1 aliphatic heterocycles. The summed E-state index contributed by atoms with van der Waals surface area (Å²) in [5.74, 6) is 0.140. The lowest BCUT2D eigenvalue weighted by Gasteiger charge is -2.35. The molecule has 1 unspecified atom stereocenters. The summed E-state index contributed by atoms with van der Waals surface area (Å²) in [5.41, 5.74) is -0.151. The van der Waals surface area contributed by atoms with Gasteiger partial charge in [-0.3, -0.25) is 9.69 Å². The van der Waals surface area contributed by atoms with Crippen LogP contribution in [0, 0.1) is 5.41 Å². The van der Waals surface area contributed by atoms with Gasteiger partial charge in [0.1, 0.15) is 0 Å². The fourth-order valence-corrected chi connectivity index (χ4v) is 2.84. The van der Waals surface area contributed by atoms with Crippen molar-refractivity contribution in [3.63, 3.8) is 0 Å². The predicted molar refractivity (Wildman–Crippen MR) is 78.0 cm³/mol. The second-order valence-corrected chi connectivity index (χ2v) is 5.72. The number of nitrogens with one attached hydrogen (secondary N) is 1. The molecule has 0 aromatic rings. The summed E-state index contributed by atoms with van der Waals surface area (Å²) in [6.45, 7) is 8.95. The summed E-state index contributed by atoms with van der Waals surface area (Å²) >= 11 is 0. The molecular formula is C15H30N2O2. The van der Waals surface area contributed by atoms with Crippen LogP contribution < -0.4 is 5.32 Å². The number of nitrogens with zero attached hydrogens (tertiary/aromatic N) is 1. The van der Waals surface area contributed by atoms with Crippen LogP contribution in [-0.4, -0.2) is 48.2 Å². The number of likely N-dealkylation sites (N-methyl/N-ethyl adjacent to an activating group) is 1. The lowest BCUT2D eigenvalue weighted by Crippen LogP contribution is -2.51. The molecule has 1 fully saturated rings. The Kier molecular flexibility index (Phi) is 6.80. The van der Waals surface area contributed by atoms with E-state index in [9.17, 15) is 9.90 Å². The second kappa shape index (κ2) is 7.85. The Bertz CT molecular complexity index is 269. The first kappa shape index (κ1) is 16.4. The summed E-state index contributed by atoms with van der Waals surface area (Å²) in [5, 5.41) is 12.6. The molecule has 2 N–H and O–H groups in total.